The van der Waals surface area contributed by atoms with Crippen LogP contribution < -0.4 is 10.2 Å². The van der Waals surface area contributed by atoms with Crippen molar-refractivity contribution in [2.24, 2.45) is 5.41 Å². The highest BCUT2D eigenvalue weighted by molar-refractivity contribution is 5.46. The molecule has 1 atom stereocenters. The van der Waals surface area contributed by atoms with E-state index in [0.717, 1.165) is 26.1 Å². The molecule has 1 aromatic carbocycles. The van der Waals surface area contributed by atoms with Gasteiger partial charge >= 0.3 is 0 Å². The largest absolute Gasteiger partial charge is 0.396 e. The van der Waals surface area contributed by atoms with Crippen molar-refractivity contribution in [1.82, 2.24) is 5.32 Å². The molecule has 1 unspecified atom stereocenters. The number of anilines is 1. The third-order valence-corrected chi connectivity index (χ3v) is 3.53. The number of aliphatic hydroxyl groups excluding tert-OH is 1. The van der Waals surface area contributed by atoms with Gasteiger partial charge in [-0.25, -0.2) is 0 Å². The predicted octanol–water partition coefficient (Wildman–Crippen LogP) is 1.87. The molecule has 2 rings (SSSR count). The number of nitrogens with zero attached hydrogens (tertiary/aromatic N) is 1. The van der Waals surface area contributed by atoms with Crippen molar-refractivity contribution in [3.8, 4) is 0 Å². The van der Waals surface area contributed by atoms with Crippen molar-refractivity contribution in [2.75, 3.05) is 31.1 Å². The highest BCUT2D eigenvalue weighted by atomic mass is 16.3. The normalized spacial score (nSPS) is 23.7. The van der Waals surface area contributed by atoms with E-state index in [2.05, 4.69) is 54.4 Å². The zero-order chi connectivity index (χ0) is 13.0. The van der Waals surface area contributed by atoms with E-state index in [4.69, 9.17) is 5.11 Å². The van der Waals surface area contributed by atoms with Gasteiger partial charge in [-0.15, -0.1) is 0 Å². The molecule has 1 aromatic rings. The van der Waals surface area contributed by atoms with Gasteiger partial charge in [-0.3, -0.25) is 0 Å². The second-order valence-corrected chi connectivity index (χ2v) is 5.97. The summed E-state index contributed by atoms with van der Waals surface area (Å²) in [5, 5.41) is 12.7. The van der Waals surface area contributed by atoms with E-state index in [0.29, 0.717) is 6.04 Å². The van der Waals surface area contributed by atoms with Gasteiger partial charge in [0.15, 0.2) is 0 Å². The molecule has 0 radical (unpaired) electrons. The molecule has 3 nitrogen and oxygen atoms in total. The number of benzene rings is 1. The lowest BCUT2D eigenvalue weighted by molar-refractivity contribution is 0.263. The minimum Gasteiger partial charge on any atom is -0.396 e. The summed E-state index contributed by atoms with van der Waals surface area (Å²) in [6.45, 7) is 7.84. The Labute approximate surface area is 110 Å². The Hall–Kier alpha value is -1.06. The summed E-state index contributed by atoms with van der Waals surface area (Å²) >= 11 is 0. The van der Waals surface area contributed by atoms with Crippen LogP contribution in [0.4, 0.5) is 5.69 Å². The van der Waals surface area contributed by atoms with Gasteiger partial charge in [0.25, 0.3) is 0 Å². The molecule has 0 amide bonds. The van der Waals surface area contributed by atoms with Gasteiger partial charge in [0, 0.05) is 38.0 Å². The number of para-hydroxylation sites is 1. The number of aliphatic hydroxyl groups is 1. The number of hydrogen-bond acceptors (Lipinski definition) is 3. The summed E-state index contributed by atoms with van der Waals surface area (Å²) in [5.74, 6) is 0. The van der Waals surface area contributed by atoms with Crippen LogP contribution in [0.3, 0.4) is 0 Å². The van der Waals surface area contributed by atoms with E-state index in [-0.39, 0.29) is 12.0 Å². The minimum absolute atomic E-state index is 0.250. The lowest BCUT2D eigenvalue weighted by atomic mass is 9.93. The van der Waals surface area contributed by atoms with E-state index in [1.165, 1.54) is 5.69 Å². The molecule has 1 aliphatic heterocycles. The third-order valence-electron chi connectivity index (χ3n) is 3.53. The van der Waals surface area contributed by atoms with Crippen LogP contribution in [-0.2, 0) is 0 Å². The van der Waals surface area contributed by atoms with Crippen molar-refractivity contribution in [2.45, 2.75) is 26.3 Å². The van der Waals surface area contributed by atoms with Crippen LogP contribution >= 0.6 is 0 Å². The second-order valence-electron chi connectivity index (χ2n) is 5.97. The van der Waals surface area contributed by atoms with Gasteiger partial charge in [0.05, 0.1) is 0 Å². The Morgan fingerprint density at radius 3 is 2.72 bits per heavy atom. The Morgan fingerprint density at radius 1 is 1.33 bits per heavy atom. The van der Waals surface area contributed by atoms with Gasteiger partial charge in [-0.2, -0.15) is 0 Å². The maximum atomic E-state index is 9.14. The predicted molar refractivity (Wildman–Crippen MR) is 75.9 cm³/mol. The molecule has 0 aliphatic carbocycles. The molecule has 3 heteroatoms. The average Bonchev–Trinajstić information content (AvgIpc) is 2.50. The average molecular weight is 248 g/mol. The molecule has 1 heterocycles. The summed E-state index contributed by atoms with van der Waals surface area (Å²) in [6, 6.07) is 10.9. The lowest BCUT2D eigenvalue weighted by Crippen LogP contribution is -2.38. The molecule has 1 saturated heterocycles. The van der Waals surface area contributed by atoms with Crippen molar-refractivity contribution in [3.63, 3.8) is 0 Å². The maximum Gasteiger partial charge on any atom is 0.0446 e. The minimum atomic E-state index is 0.250. The molecule has 2 N–H and O–H groups in total. The highest BCUT2D eigenvalue weighted by Gasteiger charge is 2.28. The second kappa shape index (κ2) is 5.72. The monoisotopic (exact) mass is 248 g/mol. The lowest BCUT2D eigenvalue weighted by Gasteiger charge is -2.31. The van der Waals surface area contributed by atoms with Crippen LogP contribution in [-0.4, -0.2) is 37.4 Å². The van der Waals surface area contributed by atoms with E-state index >= 15 is 0 Å². The van der Waals surface area contributed by atoms with Gasteiger partial charge in [-0.05, 0) is 24.0 Å². The first-order valence-electron chi connectivity index (χ1n) is 6.75. The van der Waals surface area contributed by atoms with Gasteiger partial charge in [-0.1, -0.05) is 32.0 Å². The first-order valence-corrected chi connectivity index (χ1v) is 6.75. The Bertz CT molecular complexity index is 364. The van der Waals surface area contributed by atoms with Gasteiger partial charge in [0.1, 0.15) is 0 Å². The fraction of sp³-hybridized carbons (Fsp3) is 0.600. The summed E-state index contributed by atoms with van der Waals surface area (Å²) in [4.78, 5) is 2.43. The fourth-order valence-corrected chi connectivity index (χ4v) is 2.57. The zero-order valence-corrected chi connectivity index (χ0v) is 11.4. The first kappa shape index (κ1) is 13.4. The van der Waals surface area contributed by atoms with Crippen LogP contribution in [0.25, 0.3) is 0 Å². The number of hydrogen-bond donors (Lipinski definition) is 2. The fourth-order valence-electron chi connectivity index (χ4n) is 2.57. The summed E-state index contributed by atoms with van der Waals surface area (Å²) < 4.78 is 0. The van der Waals surface area contributed by atoms with Crippen molar-refractivity contribution in [1.29, 1.82) is 0 Å². The van der Waals surface area contributed by atoms with Crippen LogP contribution in [0.2, 0.25) is 0 Å². The van der Waals surface area contributed by atoms with Crippen LogP contribution in [0.5, 0.6) is 0 Å². The molecular weight excluding hydrogens is 224 g/mol. The van der Waals surface area contributed by atoms with Crippen LogP contribution in [0.1, 0.15) is 20.3 Å². The molecular formula is C15H24N2O. The topological polar surface area (TPSA) is 35.5 Å². The summed E-state index contributed by atoms with van der Waals surface area (Å²) in [6.07, 6.45) is 0.819. The molecule has 0 aromatic heterocycles. The van der Waals surface area contributed by atoms with Gasteiger partial charge in [0.2, 0.25) is 0 Å². The molecule has 1 fully saturated rings. The van der Waals surface area contributed by atoms with E-state index in [1.807, 2.05) is 0 Å². The summed E-state index contributed by atoms with van der Waals surface area (Å²) in [5.41, 5.74) is 1.53. The molecule has 1 aliphatic rings. The van der Waals surface area contributed by atoms with E-state index in [9.17, 15) is 0 Å². The standard InChI is InChI=1S/C15H24N2O/c1-15(2)11-16-13(8-9-18)10-17(12-15)14-6-4-3-5-7-14/h3-7,13,16,18H,8-12H2,1-2H3. The zero-order valence-electron chi connectivity index (χ0n) is 11.4. The van der Waals surface area contributed by atoms with Gasteiger partial charge < -0.3 is 15.3 Å². The van der Waals surface area contributed by atoms with Crippen LogP contribution in [0, 0.1) is 5.41 Å². The summed E-state index contributed by atoms with van der Waals surface area (Å²) in [7, 11) is 0. The first-order chi connectivity index (χ1) is 8.61. The molecule has 0 spiro atoms. The highest BCUT2D eigenvalue weighted by Crippen LogP contribution is 2.24. The smallest absolute Gasteiger partial charge is 0.0446 e. The quantitative estimate of drug-likeness (QED) is 0.857. The SMILES string of the molecule is CC1(C)CNC(CCO)CN(c2ccccc2)C1. The Kier molecular flexibility index (Phi) is 4.25. The van der Waals surface area contributed by atoms with Crippen molar-refractivity contribution >= 4 is 5.69 Å². The van der Waals surface area contributed by atoms with E-state index in [1.54, 1.807) is 0 Å². The maximum absolute atomic E-state index is 9.14. The number of rotatable bonds is 3. The van der Waals surface area contributed by atoms with Crippen LogP contribution in [0.15, 0.2) is 30.3 Å². The molecule has 0 bridgehead atoms. The molecule has 18 heavy (non-hydrogen) atoms. The number of nitrogens with one attached hydrogen (secondary N) is 1. The third kappa shape index (κ3) is 3.47. The van der Waals surface area contributed by atoms with Crippen molar-refractivity contribution in [3.05, 3.63) is 30.3 Å². The molecule has 0 saturated carbocycles. The van der Waals surface area contributed by atoms with Crippen molar-refractivity contribution < 1.29 is 5.11 Å². The van der Waals surface area contributed by atoms with E-state index < -0.39 is 0 Å². The Morgan fingerprint density at radius 2 is 2.06 bits per heavy atom. The molecule has 100 valence electrons. The Balaban J connectivity index is 2.15.